The van der Waals surface area contributed by atoms with Gasteiger partial charge < -0.3 is 4.74 Å². The largest absolute Gasteiger partial charge is 0.463 e. The van der Waals surface area contributed by atoms with E-state index in [1.165, 1.54) is 10.5 Å². The van der Waals surface area contributed by atoms with Crippen molar-refractivity contribution in [2.75, 3.05) is 6.61 Å². The number of thioether (sulfide) groups is 1. The lowest BCUT2D eigenvalue weighted by molar-refractivity contribution is -0.137. The van der Waals surface area contributed by atoms with E-state index < -0.39 is 0 Å². The molecule has 0 saturated carbocycles. The number of esters is 1. The van der Waals surface area contributed by atoms with E-state index >= 15 is 0 Å². The van der Waals surface area contributed by atoms with Crippen LogP contribution >= 0.6 is 11.8 Å². The Morgan fingerprint density at radius 2 is 1.74 bits per heavy atom. The summed E-state index contributed by atoms with van der Waals surface area (Å²) in [5.74, 6) is -0.272. The second-order valence-electron chi connectivity index (χ2n) is 5.10. The van der Waals surface area contributed by atoms with Crippen molar-refractivity contribution in [3.63, 3.8) is 0 Å². The summed E-state index contributed by atoms with van der Waals surface area (Å²) in [6.45, 7) is 2.22. The van der Waals surface area contributed by atoms with Crippen LogP contribution in [-0.2, 0) is 16.0 Å². The van der Waals surface area contributed by atoms with Crippen LogP contribution in [0.3, 0.4) is 0 Å². The van der Waals surface area contributed by atoms with Crippen molar-refractivity contribution in [3.05, 3.63) is 78.4 Å². The topological polar surface area (TPSA) is 26.3 Å². The highest BCUT2D eigenvalue weighted by Crippen LogP contribution is 2.27. The zero-order valence-electron chi connectivity index (χ0n) is 13.4. The predicted octanol–water partition coefficient (Wildman–Crippen LogP) is 4.90. The second-order valence-corrected chi connectivity index (χ2v) is 6.42. The number of carbonyl (C=O) groups excluding carboxylic acids is 1. The minimum Gasteiger partial charge on any atom is -0.463 e. The minimum atomic E-state index is -0.272. The molecule has 0 saturated heterocycles. The third-order valence-electron chi connectivity index (χ3n) is 3.32. The lowest BCUT2D eigenvalue weighted by Gasteiger charge is -2.12. The molecule has 0 fully saturated rings. The molecular weight excluding hydrogens is 304 g/mol. The lowest BCUT2D eigenvalue weighted by Crippen LogP contribution is -2.04. The average molecular weight is 326 g/mol. The summed E-state index contributed by atoms with van der Waals surface area (Å²) in [6, 6.07) is 20.7. The number of ether oxygens (including phenoxy) is 1. The van der Waals surface area contributed by atoms with Gasteiger partial charge in [0.1, 0.15) is 0 Å². The molecule has 2 nitrogen and oxygen atoms in total. The Kier molecular flexibility index (Phi) is 7.47. The highest BCUT2D eigenvalue weighted by atomic mass is 32.2. The van der Waals surface area contributed by atoms with Gasteiger partial charge in [-0.3, -0.25) is 0 Å². The van der Waals surface area contributed by atoms with Crippen molar-refractivity contribution in [1.29, 1.82) is 0 Å². The molecule has 23 heavy (non-hydrogen) atoms. The van der Waals surface area contributed by atoms with Gasteiger partial charge in [0.25, 0.3) is 0 Å². The molecule has 120 valence electrons. The van der Waals surface area contributed by atoms with E-state index in [4.69, 9.17) is 4.74 Å². The molecule has 1 unspecified atom stereocenters. The van der Waals surface area contributed by atoms with Crippen LogP contribution in [0, 0.1) is 0 Å². The first-order valence-electron chi connectivity index (χ1n) is 7.88. The van der Waals surface area contributed by atoms with E-state index in [0.717, 1.165) is 12.8 Å². The van der Waals surface area contributed by atoms with E-state index in [1.807, 2.05) is 37.3 Å². The molecule has 0 N–H and O–H groups in total. The zero-order chi connectivity index (χ0) is 16.3. The Bertz CT molecular complexity index is 608. The molecule has 0 radical (unpaired) electrons. The van der Waals surface area contributed by atoms with Crippen LogP contribution in [0.4, 0.5) is 0 Å². The van der Waals surface area contributed by atoms with Gasteiger partial charge in [-0.05, 0) is 37.5 Å². The smallest absolute Gasteiger partial charge is 0.330 e. The van der Waals surface area contributed by atoms with Crippen molar-refractivity contribution < 1.29 is 9.53 Å². The summed E-state index contributed by atoms with van der Waals surface area (Å²) >= 11 is 1.77. The maximum Gasteiger partial charge on any atom is 0.330 e. The number of rotatable bonds is 8. The predicted molar refractivity (Wildman–Crippen MR) is 96.6 cm³/mol. The van der Waals surface area contributed by atoms with Gasteiger partial charge in [0.05, 0.1) is 6.61 Å². The molecule has 2 aromatic rings. The standard InChI is InChI=1S/C20H22O2S/c1-2-22-20(21)16-15-19(23-18-11-7-4-8-12-18)14-13-17-9-5-3-6-10-17/h3-12,15-16,19H,2,13-14H2,1H3/b16-15+. The van der Waals surface area contributed by atoms with Crippen molar-refractivity contribution in [2.45, 2.75) is 29.9 Å². The Labute approximate surface area is 142 Å². The van der Waals surface area contributed by atoms with Gasteiger partial charge in [0.15, 0.2) is 0 Å². The fourth-order valence-electron chi connectivity index (χ4n) is 2.20. The molecule has 0 aliphatic carbocycles. The molecule has 2 rings (SSSR count). The molecule has 0 amide bonds. The van der Waals surface area contributed by atoms with Crippen molar-refractivity contribution in [3.8, 4) is 0 Å². The summed E-state index contributed by atoms with van der Waals surface area (Å²) in [4.78, 5) is 12.8. The van der Waals surface area contributed by atoms with Crippen molar-refractivity contribution in [2.24, 2.45) is 0 Å². The van der Waals surface area contributed by atoms with Gasteiger partial charge in [-0.15, -0.1) is 11.8 Å². The molecule has 0 aromatic heterocycles. The summed E-state index contributed by atoms with van der Waals surface area (Å²) < 4.78 is 4.97. The first-order chi connectivity index (χ1) is 11.3. The van der Waals surface area contributed by atoms with Gasteiger partial charge in [-0.2, -0.15) is 0 Å². The summed E-state index contributed by atoms with van der Waals surface area (Å²) in [5, 5.41) is 0.238. The number of aryl methyl sites for hydroxylation is 1. The normalized spacial score (nSPS) is 12.2. The van der Waals surface area contributed by atoms with Gasteiger partial charge in [-0.1, -0.05) is 54.6 Å². The molecular formula is C20H22O2S. The molecule has 3 heteroatoms. The van der Waals surface area contributed by atoms with Crippen molar-refractivity contribution >= 4 is 17.7 Å². The van der Waals surface area contributed by atoms with Gasteiger partial charge in [0, 0.05) is 16.2 Å². The maximum atomic E-state index is 11.6. The Morgan fingerprint density at radius 3 is 2.39 bits per heavy atom. The summed E-state index contributed by atoms with van der Waals surface area (Å²) in [5.41, 5.74) is 1.32. The van der Waals surface area contributed by atoms with E-state index in [9.17, 15) is 4.79 Å². The lowest BCUT2D eigenvalue weighted by atomic mass is 10.1. The molecule has 0 aliphatic rings. The third-order valence-corrected chi connectivity index (χ3v) is 4.56. The highest BCUT2D eigenvalue weighted by Gasteiger charge is 2.09. The van der Waals surface area contributed by atoms with Gasteiger partial charge >= 0.3 is 5.97 Å². The van der Waals surface area contributed by atoms with E-state index in [0.29, 0.717) is 6.61 Å². The van der Waals surface area contributed by atoms with Crippen LogP contribution in [0.5, 0.6) is 0 Å². The Balaban J connectivity index is 1.99. The Morgan fingerprint density at radius 1 is 1.09 bits per heavy atom. The molecule has 0 aliphatic heterocycles. The molecule has 0 heterocycles. The van der Waals surface area contributed by atoms with E-state index in [-0.39, 0.29) is 11.2 Å². The van der Waals surface area contributed by atoms with Crippen LogP contribution in [0.15, 0.2) is 77.7 Å². The number of hydrogen-bond donors (Lipinski definition) is 0. The molecule has 0 spiro atoms. The number of benzene rings is 2. The van der Waals surface area contributed by atoms with Crippen molar-refractivity contribution in [1.82, 2.24) is 0 Å². The van der Waals surface area contributed by atoms with E-state index in [1.54, 1.807) is 17.8 Å². The number of hydrogen-bond acceptors (Lipinski definition) is 3. The highest BCUT2D eigenvalue weighted by molar-refractivity contribution is 8.00. The monoisotopic (exact) mass is 326 g/mol. The first-order valence-corrected chi connectivity index (χ1v) is 8.76. The van der Waals surface area contributed by atoms with Crippen LogP contribution in [0.2, 0.25) is 0 Å². The molecule has 2 aromatic carbocycles. The molecule has 0 bridgehead atoms. The Hall–Kier alpha value is -2.00. The number of carbonyl (C=O) groups is 1. The van der Waals surface area contributed by atoms with Crippen LogP contribution < -0.4 is 0 Å². The van der Waals surface area contributed by atoms with Crippen LogP contribution in [-0.4, -0.2) is 17.8 Å². The zero-order valence-corrected chi connectivity index (χ0v) is 14.2. The summed E-state index contributed by atoms with van der Waals surface area (Å²) in [6.07, 6.45) is 5.46. The molecule has 1 atom stereocenters. The third kappa shape index (κ3) is 6.74. The van der Waals surface area contributed by atoms with Gasteiger partial charge in [-0.25, -0.2) is 4.79 Å². The van der Waals surface area contributed by atoms with E-state index in [2.05, 4.69) is 36.4 Å². The van der Waals surface area contributed by atoms with Crippen LogP contribution in [0.25, 0.3) is 0 Å². The SMILES string of the molecule is CCOC(=O)/C=C/C(CCc1ccccc1)Sc1ccccc1. The van der Waals surface area contributed by atoms with Crippen LogP contribution in [0.1, 0.15) is 18.9 Å². The average Bonchev–Trinajstić information content (AvgIpc) is 2.59. The fourth-order valence-corrected chi connectivity index (χ4v) is 3.25. The quantitative estimate of drug-likeness (QED) is 0.392. The minimum absolute atomic E-state index is 0.238. The maximum absolute atomic E-state index is 11.6. The fraction of sp³-hybridized carbons (Fsp3) is 0.250. The second kappa shape index (κ2) is 9.90. The summed E-state index contributed by atoms with van der Waals surface area (Å²) in [7, 11) is 0. The first kappa shape index (κ1) is 17.4. The van der Waals surface area contributed by atoms with Gasteiger partial charge in [0.2, 0.25) is 0 Å².